The Hall–Kier alpha value is -7.21. The van der Waals surface area contributed by atoms with Gasteiger partial charge in [0.05, 0.1) is 37.1 Å². The van der Waals surface area contributed by atoms with E-state index in [1.54, 1.807) is 24.3 Å². The number of aromatic nitrogens is 4. The predicted octanol–water partition coefficient (Wildman–Crippen LogP) is 13.7. The fraction of sp³-hybridized carbons (Fsp3) is 0. The van der Waals surface area contributed by atoms with Gasteiger partial charge in [-0.2, -0.15) is 0 Å². The number of fused-ring (bicyclic) bond motifs is 6. The Morgan fingerprint density at radius 3 is 1.88 bits per heavy atom. The van der Waals surface area contributed by atoms with E-state index in [1.807, 2.05) is 54.6 Å². The van der Waals surface area contributed by atoms with Crippen molar-refractivity contribution in [2.24, 2.45) is 0 Å². The Morgan fingerprint density at radius 1 is 0.429 bits per heavy atom. The van der Waals surface area contributed by atoms with E-state index in [0.29, 0.717) is 5.56 Å². The Bertz CT molecular complexity index is 4320. The molecule has 3 aromatic heterocycles. The topological polar surface area (TPSA) is 43.6 Å². The standard InChI is InChI=1S/C51H32N4S/c1-3-13-33(14-4-1)36-15-11-16-37(31-36)34-25-27-35(28-26-34)49-52-50(38-29-30-47-43(32-38)40-19-8-10-24-46(40)56-47)54-51(53-49)42-21-12-23-45-48(42)41-20-7-9-22-44(41)55(45)39-17-5-2-6-18-39/h1-32H/i2D,5D,6D,7D,8D,9D,10D,12D,17D,18D,19D,20D,21D,22D,23D,24D,29D,30D,32D. The first kappa shape index (κ1) is 18.4. The minimum Gasteiger partial charge on any atom is -0.309 e. The van der Waals surface area contributed by atoms with Crippen LogP contribution in [0.2, 0.25) is 0 Å². The van der Waals surface area contributed by atoms with E-state index in [2.05, 4.69) is 0 Å². The van der Waals surface area contributed by atoms with Crippen LogP contribution in [0.3, 0.4) is 0 Å². The first-order valence-corrected chi connectivity index (χ1v) is 18.0. The van der Waals surface area contributed by atoms with Crippen molar-refractivity contribution in [2.75, 3.05) is 0 Å². The highest BCUT2D eigenvalue weighted by Gasteiger charge is 2.20. The molecule has 0 bridgehead atoms. The first-order chi connectivity index (χ1) is 35.7. The normalized spacial score (nSPS) is 16.3. The maximum Gasteiger partial charge on any atom is 0.164 e. The lowest BCUT2D eigenvalue weighted by Crippen LogP contribution is -2.00. The van der Waals surface area contributed by atoms with E-state index < -0.39 is 154 Å². The smallest absolute Gasteiger partial charge is 0.164 e. The maximum atomic E-state index is 9.68. The summed E-state index contributed by atoms with van der Waals surface area (Å²) in [5.41, 5.74) is 1.52. The highest BCUT2D eigenvalue weighted by atomic mass is 32.1. The van der Waals surface area contributed by atoms with Gasteiger partial charge in [-0.15, -0.1) is 11.3 Å². The Labute approximate surface area is 354 Å². The van der Waals surface area contributed by atoms with Crippen LogP contribution in [0.5, 0.6) is 0 Å². The summed E-state index contributed by atoms with van der Waals surface area (Å²) in [4.78, 5) is 14.3. The van der Waals surface area contributed by atoms with Gasteiger partial charge in [-0.1, -0.05) is 139 Å². The minimum absolute atomic E-state index is 0.0202. The zero-order chi connectivity index (χ0) is 53.5. The first-order valence-electron chi connectivity index (χ1n) is 26.7. The molecule has 0 N–H and O–H groups in total. The van der Waals surface area contributed by atoms with Gasteiger partial charge in [0.1, 0.15) is 0 Å². The summed E-state index contributed by atoms with van der Waals surface area (Å²) in [7, 11) is 0. The Kier molecular flexibility index (Phi) is 4.36. The molecule has 5 heteroatoms. The highest BCUT2D eigenvalue weighted by molar-refractivity contribution is 7.25. The second-order valence-electron chi connectivity index (χ2n) is 12.6. The average Bonchev–Trinajstić information content (AvgIpc) is 3.99. The van der Waals surface area contributed by atoms with Crippen LogP contribution in [0.15, 0.2) is 194 Å². The second kappa shape index (κ2) is 13.3. The SMILES string of the molecule is [2H]c1c([2H])c([2H])c(-n2c3c([2H])c([2H])c([2H])c([2H])c3c3c(-c4nc(-c5ccc(-c6cccc(-c7ccccc7)c6)cc5)nc(-c5c([2H])c([2H])c6sc7c([2H])c([2H])c([2H])c([2H])c7c6c5[2H])n4)c([2H])c([2H])c([2H])c32)c([2H])c1[2H]. The van der Waals surface area contributed by atoms with Crippen LogP contribution < -0.4 is 0 Å². The summed E-state index contributed by atoms with van der Waals surface area (Å²) >= 11 is 0.820. The van der Waals surface area contributed by atoms with Gasteiger partial charge in [-0.25, -0.2) is 15.0 Å². The monoisotopic (exact) mass is 751 g/mol. The fourth-order valence-corrected chi connectivity index (χ4v) is 7.70. The summed E-state index contributed by atoms with van der Waals surface area (Å²) in [6.07, 6.45) is 0. The molecule has 0 unspecified atom stereocenters. The number of para-hydroxylation sites is 2. The van der Waals surface area contributed by atoms with Crippen molar-refractivity contribution in [3.8, 4) is 62.1 Å². The molecule has 0 radical (unpaired) electrons. The molecule has 3 heterocycles. The summed E-state index contributed by atoms with van der Waals surface area (Å²) in [6.45, 7) is 0. The second-order valence-corrected chi connectivity index (χ2v) is 13.6. The van der Waals surface area contributed by atoms with Gasteiger partial charge in [0.25, 0.3) is 0 Å². The minimum atomic E-state index is -0.814. The molecule has 0 aliphatic rings. The third-order valence-corrected chi connectivity index (χ3v) is 10.4. The van der Waals surface area contributed by atoms with E-state index in [9.17, 15) is 11.0 Å². The van der Waals surface area contributed by atoms with Crippen LogP contribution in [0.25, 0.3) is 104 Å². The number of benzene rings is 8. The molecule has 0 amide bonds. The molecule has 262 valence electrons. The van der Waals surface area contributed by atoms with Crippen LogP contribution in [0.4, 0.5) is 0 Å². The molecule has 11 rings (SSSR count). The number of thiophene rings is 1. The van der Waals surface area contributed by atoms with Gasteiger partial charge >= 0.3 is 0 Å². The van der Waals surface area contributed by atoms with Crippen LogP contribution in [0, 0.1) is 0 Å². The van der Waals surface area contributed by atoms with Crippen molar-refractivity contribution in [3.05, 3.63) is 194 Å². The molecule has 56 heavy (non-hydrogen) atoms. The number of hydrogen-bond acceptors (Lipinski definition) is 4. The van der Waals surface area contributed by atoms with Crippen molar-refractivity contribution < 1.29 is 26.0 Å². The van der Waals surface area contributed by atoms with Gasteiger partial charge in [0, 0.05) is 53.3 Å². The van der Waals surface area contributed by atoms with E-state index in [1.165, 1.54) is 0 Å². The van der Waals surface area contributed by atoms with Crippen LogP contribution >= 0.6 is 11.3 Å². The lowest BCUT2D eigenvalue weighted by molar-refractivity contribution is 1.08. The largest absolute Gasteiger partial charge is 0.309 e. The third kappa shape index (κ3) is 5.48. The zero-order valence-corrected chi connectivity index (χ0v) is 29.5. The predicted molar refractivity (Wildman–Crippen MR) is 234 cm³/mol. The third-order valence-electron chi connectivity index (χ3n) is 9.34. The van der Waals surface area contributed by atoms with Crippen LogP contribution in [0.1, 0.15) is 26.0 Å². The molecule has 11 aromatic rings. The molecule has 0 saturated heterocycles. The van der Waals surface area contributed by atoms with Gasteiger partial charge in [-0.3, -0.25) is 0 Å². The molecule has 0 aliphatic heterocycles. The summed E-state index contributed by atoms with van der Waals surface area (Å²) in [5, 5.41) is -0.893. The number of nitrogens with zero attached hydrogens (tertiary/aromatic N) is 4. The van der Waals surface area contributed by atoms with E-state index in [4.69, 9.17) is 30.0 Å². The highest BCUT2D eigenvalue weighted by Crippen LogP contribution is 2.40. The zero-order valence-electron chi connectivity index (χ0n) is 47.7. The van der Waals surface area contributed by atoms with Crippen molar-refractivity contribution in [3.63, 3.8) is 0 Å². The summed E-state index contributed by atoms with van der Waals surface area (Å²) in [6, 6.07) is 11.6. The molecule has 0 fully saturated rings. The van der Waals surface area contributed by atoms with Crippen LogP contribution in [-0.4, -0.2) is 19.5 Å². The Balaban J connectivity index is 1.26. The molecule has 4 nitrogen and oxygen atoms in total. The van der Waals surface area contributed by atoms with Gasteiger partial charge in [0.15, 0.2) is 17.5 Å². The van der Waals surface area contributed by atoms with Crippen molar-refractivity contribution in [1.29, 1.82) is 0 Å². The van der Waals surface area contributed by atoms with E-state index in [0.717, 1.165) is 38.2 Å². The number of hydrogen-bond donors (Lipinski definition) is 0. The lowest BCUT2D eigenvalue weighted by atomic mass is 9.98. The van der Waals surface area contributed by atoms with Crippen molar-refractivity contribution >= 4 is 53.3 Å². The fourth-order valence-electron chi connectivity index (χ4n) is 6.78. The molecule has 0 atom stereocenters. The van der Waals surface area contributed by atoms with E-state index in [-0.39, 0.29) is 36.8 Å². The van der Waals surface area contributed by atoms with Crippen molar-refractivity contribution in [1.82, 2.24) is 19.5 Å². The van der Waals surface area contributed by atoms with Crippen molar-refractivity contribution in [2.45, 2.75) is 0 Å². The molecule has 8 aromatic carbocycles. The lowest BCUT2D eigenvalue weighted by Gasteiger charge is -2.11. The molecule has 0 spiro atoms. The Morgan fingerprint density at radius 2 is 1.05 bits per heavy atom. The molecule has 0 saturated carbocycles. The van der Waals surface area contributed by atoms with Gasteiger partial charge < -0.3 is 4.57 Å². The van der Waals surface area contributed by atoms with Gasteiger partial charge in [-0.05, 0) is 76.7 Å². The van der Waals surface area contributed by atoms with E-state index >= 15 is 0 Å². The molecule has 0 aliphatic carbocycles. The maximum absolute atomic E-state index is 9.68. The average molecular weight is 752 g/mol. The quantitative estimate of drug-likeness (QED) is 0.170. The summed E-state index contributed by atoms with van der Waals surface area (Å²) in [5.74, 6) is -1.11. The van der Waals surface area contributed by atoms with Crippen LogP contribution in [-0.2, 0) is 0 Å². The van der Waals surface area contributed by atoms with Gasteiger partial charge in [0.2, 0.25) is 0 Å². The molecular formula is C51H32N4S. The summed E-state index contributed by atoms with van der Waals surface area (Å²) < 4.78 is 171. The number of rotatable bonds is 6. The molecular weight excluding hydrogens is 701 g/mol.